The number of nitrogens with zero attached hydrogens (tertiary/aromatic N) is 1. The molecule has 0 atom stereocenters. The van der Waals surface area contributed by atoms with Crippen molar-refractivity contribution in [2.75, 3.05) is 4.90 Å². The number of para-hydroxylation sites is 1. The molecule has 0 spiro atoms. The van der Waals surface area contributed by atoms with Gasteiger partial charge in [0, 0.05) is 42.0 Å². The predicted molar refractivity (Wildman–Crippen MR) is 210 cm³/mol. The highest BCUT2D eigenvalue weighted by atomic mass is 32.1. The Hall–Kier alpha value is -6.16. The molecule has 0 fully saturated rings. The standard InChI is InChI=1S/C46H29NOS/c1-2-12-31(13-3-1)36-28-29-40(46-45(36)37-17-6-8-21-41(37)48-46)47(39-20-10-15-30-14-4-5-16-34(30)39)33-26-24-32(25-27-33)35-19-11-23-43-44(35)38-18-7-9-22-42(38)49-43/h1-29H. The third kappa shape index (κ3) is 4.47. The second kappa shape index (κ2) is 11.2. The van der Waals surface area contributed by atoms with Crippen molar-refractivity contribution >= 4 is 81.3 Å². The molecule has 3 heteroatoms. The monoisotopic (exact) mass is 643 g/mol. The molecule has 10 rings (SSSR count). The average molecular weight is 644 g/mol. The van der Waals surface area contributed by atoms with Crippen LogP contribution in [0.5, 0.6) is 0 Å². The van der Waals surface area contributed by atoms with Crippen LogP contribution in [0.1, 0.15) is 0 Å². The highest BCUT2D eigenvalue weighted by Crippen LogP contribution is 2.48. The van der Waals surface area contributed by atoms with Crippen molar-refractivity contribution in [3.05, 3.63) is 176 Å². The van der Waals surface area contributed by atoms with Crippen molar-refractivity contribution < 1.29 is 4.42 Å². The van der Waals surface area contributed by atoms with Crippen molar-refractivity contribution in [2.45, 2.75) is 0 Å². The topological polar surface area (TPSA) is 16.4 Å². The molecule has 2 nitrogen and oxygen atoms in total. The Labute approximate surface area is 287 Å². The van der Waals surface area contributed by atoms with Crippen LogP contribution in [0, 0.1) is 0 Å². The SMILES string of the molecule is c1ccc(-c2ccc(N(c3ccc(-c4cccc5sc6ccccc6c45)cc3)c3cccc4ccccc34)c3oc4ccccc4c23)cc1. The smallest absolute Gasteiger partial charge is 0.160 e. The Balaban J connectivity index is 1.22. The molecule has 0 aliphatic carbocycles. The minimum Gasteiger partial charge on any atom is -0.454 e. The molecule has 0 saturated heterocycles. The summed E-state index contributed by atoms with van der Waals surface area (Å²) in [6.07, 6.45) is 0. The third-order valence-electron chi connectivity index (χ3n) is 9.68. The number of hydrogen-bond acceptors (Lipinski definition) is 3. The van der Waals surface area contributed by atoms with Gasteiger partial charge in [-0.05, 0) is 70.1 Å². The van der Waals surface area contributed by atoms with Crippen LogP contribution in [0.3, 0.4) is 0 Å². The molecule has 0 N–H and O–H groups in total. The van der Waals surface area contributed by atoms with Gasteiger partial charge >= 0.3 is 0 Å². The summed E-state index contributed by atoms with van der Waals surface area (Å²) in [6.45, 7) is 0. The van der Waals surface area contributed by atoms with Crippen LogP contribution >= 0.6 is 11.3 Å². The van der Waals surface area contributed by atoms with Gasteiger partial charge in [-0.1, -0.05) is 133 Å². The van der Waals surface area contributed by atoms with Crippen molar-refractivity contribution in [3.8, 4) is 22.3 Å². The Morgan fingerprint density at radius 1 is 0.408 bits per heavy atom. The van der Waals surface area contributed by atoms with Crippen LogP contribution in [-0.2, 0) is 0 Å². The van der Waals surface area contributed by atoms with Crippen LogP contribution in [0.4, 0.5) is 17.1 Å². The van der Waals surface area contributed by atoms with Crippen molar-refractivity contribution in [3.63, 3.8) is 0 Å². The molecule has 230 valence electrons. The molecule has 8 aromatic carbocycles. The van der Waals surface area contributed by atoms with Gasteiger partial charge in [-0.2, -0.15) is 0 Å². The molecule has 0 aliphatic rings. The van der Waals surface area contributed by atoms with E-state index in [0.29, 0.717) is 0 Å². The first kappa shape index (κ1) is 27.9. The lowest BCUT2D eigenvalue weighted by molar-refractivity contribution is 0.669. The largest absolute Gasteiger partial charge is 0.454 e. The molecular weight excluding hydrogens is 615 g/mol. The van der Waals surface area contributed by atoms with Gasteiger partial charge in [0.15, 0.2) is 5.58 Å². The zero-order valence-corrected chi connectivity index (χ0v) is 27.3. The molecule has 0 amide bonds. The van der Waals surface area contributed by atoms with E-state index in [2.05, 4.69) is 175 Å². The normalized spacial score (nSPS) is 11.7. The van der Waals surface area contributed by atoms with Gasteiger partial charge < -0.3 is 9.32 Å². The highest BCUT2D eigenvalue weighted by molar-refractivity contribution is 7.25. The van der Waals surface area contributed by atoms with Gasteiger partial charge in [-0.3, -0.25) is 0 Å². The lowest BCUT2D eigenvalue weighted by atomic mass is 9.97. The number of furan rings is 1. The van der Waals surface area contributed by atoms with E-state index in [4.69, 9.17) is 4.42 Å². The lowest BCUT2D eigenvalue weighted by Crippen LogP contribution is -2.11. The zero-order valence-electron chi connectivity index (χ0n) is 26.5. The number of thiophene rings is 1. The number of fused-ring (bicyclic) bond motifs is 7. The number of rotatable bonds is 5. The molecule has 0 unspecified atom stereocenters. The summed E-state index contributed by atoms with van der Waals surface area (Å²) in [5, 5.41) is 7.24. The maximum absolute atomic E-state index is 6.81. The van der Waals surface area contributed by atoms with Crippen molar-refractivity contribution in [2.24, 2.45) is 0 Å². The van der Waals surface area contributed by atoms with E-state index in [1.165, 1.54) is 47.6 Å². The first-order chi connectivity index (χ1) is 24.3. The van der Waals surface area contributed by atoms with E-state index >= 15 is 0 Å². The fourth-order valence-corrected chi connectivity index (χ4v) is 8.60. The van der Waals surface area contributed by atoms with Gasteiger partial charge in [0.25, 0.3) is 0 Å². The molecule has 0 saturated carbocycles. The van der Waals surface area contributed by atoms with E-state index in [9.17, 15) is 0 Å². The molecule has 0 radical (unpaired) electrons. The zero-order chi connectivity index (χ0) is 32.3. The van der Waals surface area contributed by atoms with E-state index in [-0.39, 0.29) is 0 Å². The second-order valence-corrected chi connectivity index (χ2v) is 13.5. The molecule has 0 aliphatic heterocycles. The van der Waals surface area contributed by atoms with Crippen LogP contribution in [0.15, 0.2) is 180 Å². The van der Waals surface area contributed by atoms with E-state index < -0.39 is 0 Å². The summed E-state index contributed by atoms with van der Waals surface area (Å²) in [4.78, 5) is 2.37. The van der Waals surface area contributed by atoms with Gasteiger partial charge in [-0.25, -0.2) is 0 Å². The number of hydrogen-bond donors (Lipinski definition) is 0. The van der Waals surface area contributed by atoms with Gasteiger partial charge in [0.2, 0.25) is 0 Å². The van der Waals surface area contributed by atoms with E-state index in [0.717, 1.165) is 44.6 Å². The maximum atomic E-state index is 6.81. The first-order valence-corrected chi connectivity index (χ1v) is 17.4. The summed E-state index contributed by atoms with van der Waals surface area (Å²) < 4.78 is 9.44. The van der Waals surface area contributed by atoms with E-state index in [1.54, 1.807) is 0 Å². The molecule has 0 bridgehead atoms. The van der Waals surface area contributed by atoms with Gasteiger partial charge in [0.05, 0.1) is 11.4 Å². The summed E-state index contributed by atoms with van der Waals surface area (Å²) in [5.74, 6) is 0. The van der Waals surface area contributed by atoms with Gasteiger partial charge in [-0.15, -0.1) is 11.3 Å². The third-order valence-corrected chi connectivity index (χ3v) is 10.8. The Morgan fingerprint density at radius 3 is 1.94 bits per heavy atom. The minimum atomic E-state index is 0.870. The van der Waals surface area contributed by atoms with Crippen molar-refractivity contribution in [1.29, 1.82) is 0 Å². The first-order valence-electron chi connectivity index (χ1n) is 16.6. The summed E-state index contributed by atoms with van der Waals surface area (Å²) in [7, 11) is 0. The Bertz CT molecular complexity index is 2820. The summed E-state index contributed by atoms with van der Waals surface area (Å²) in [5.41, 5.74) is 9.70. The quantitative estimate of drug-likeness (QED) is 0.186. The molecule has 10 aromatic rings. The summed E-state index contributed by atoms with van der Waals surface area (Å²) >= 11 is 1.86. The van der Waals surface area contributed by atoms with Crippen LogP contribution in [0.2, 0.25) is 0 Å². The maximum Gasteiger partial charge on any atom is 0.160 e. The average Bonchev–Trinajstić information content (AvgIpc) is 3.75. The molecule has 49 heavy (non-hydrogen) atoms. The number of benzene rings is 8. The van der Waals surface area contributed by atoms with E-state index in [1.807, 2.05) is 17.4 Å². The van der Waals surface area contributed by atoms with Crippen LogP contribution in [0.25, 0.3) is 75.1 Å². The molecular formula is C46H29NOS. The molecule has 2 heterocycles. The Kier molecular flexibility index (Phi) is 6.39. The number of anilines is 3. The van der Waals surface area contributed by atoms with Crippen LogP contribution in [-0.4, -0.2) is 0 Å². The summed E-state index contributed by atoms with van der Waals surface area (Å²) in [6, 6.07) is 63.1. The van der Waals surface area contributed by atoms with Crippen LogP contribution < -0.4 is 4.90 Å². The molecule has 2 aromatic heterocycles. The highest BCUT2D eigenvalue weighted by Gasteiger charge is 2.23. The fraction of sp³-hybridized carbons (Fsp3) is 0. The Morgan fingerprint density at radius 2 is 1.06 bits per heavy atom. The van der Waals surface area contributed by atoms with Crippen molar-refractivity contribution in [1.82, 2.24) is 0 Å². The predicted octanol–water partition coefficient (Wildman–Crippen LogP) is 13.9. The lowest BCUT2D eigenvalue weighted by Gasteiger charge is -2.27. The van der Waals surface area contributed by atoms with Gasteiger partial charge in [0.1, 0.15) is 5.58 Å². The second-order valence-electron chi connectivity index (χ2n) is 12.5. The minimum absolute atomic E-state index is 0.870. The fourth-order valence-electron chi connectivity index (χ4n) is 7.47.